The molecule has 10 nitrogen and oxygen atoms in total. The highest BCUT2D eigenvalue weighted by Gasteiger charge is 2.85. The lowest BCUT2D eigenvalue weighted by Crippen LogP contribution is -2.67. The van der Waals surface area contributed by atoms with Crippen molar-refractivity contribution < 1.29 is 99.3 Å². The molecule has 4 aliphatic carbocycles. The summed E-state index contributed by atoms with van der Waals surface area (Å²) in [5, 5.41) is 10.9. The smallest absolute Gasteiger partial charge is 0.430 e. The molecule has 2 atom stereocenters. The molecule has 0 aliphatic heterocycles. The number of hydrogen-bond acceptors (Lipinski definition) is 10. The van der Waals surface area contributed by atoms with E-state index in [2.05, 4.69) is 18.8 Å². The molecule has 4 saturated carbocycles. The molecule has 0 aromatic heterocycles. The topological polar surface area (TPSA) is 146 Å². The molecular formula is C20H20F12O10S2. The monoisotopic (exact) mass is 712 g/mol. The van der Waals surface area contributed by atoms with Crippen molar-refractivity contribution in [3.8, 4) is 0 Å². The Bertz CT molecular complexity index is 1190. The third-order valence-electron chi connectivity index (χ3n) is 8.07. The van der Waals surface area contributed by atoms with Gasteiger partial charge in [0.2, 0.25) is 0 Å². The van der Waals surface area contributed by atoms with Crippen LogP contribution in [0.3, 0.4) is 0 Å². The van der Waals surface area contributed by atoms with Gasteiger partial charge in [0.05, 0.1) is 25.3 Å². The average Bonchev–Trinajstić information content (AvgIpc) is 2.77. The molecule has 256 valence electrons. The van der Waals surface area contributed by atoms with E-state index in [4.69, 9.17) is 9.81 Å². The second-order valence-corrected chi connectivity index (χ2v) is 13.6. The summed E-state index contributed by atoms with van der Waals surface area (Å²) in [7, 11) is -7.30. The van der Waals surface area contributed by atoms with Gasteiger partial charge in [-0.2, -0.15) is 61.1 Å². The molecule has 24 heteroatoms. The zero-order valence-corrected chi connectivity index (χ0v) is 23.0. The van der Waals surface area contributed by atoms with Crippen LogP contribution in [0.2, 0.25) is 0 Å². The molecule has 4 aliphatic rings. The quantitative estimate of drug-likeness (QED) is 0.0756. The van der Waals surface area contributed by atoms with Gasteiger partial charge in [0.1, 0.15) is 0 Å². The number of carbonyl (C=O) groups excluding carboxylic acids is 2. The first-order valence-corrected chi connectivity index (χ1v) is 14.1. The summed E-state index contributed by atoms with van der Waals surface area (Å²) >= 11 is -1.68. The second-order valence-electron chi connectivity index (χ2n) is 11.2. The zero-order valence-electron chi connectivity index (χ0n) is 21.3. The molecule has 0 aromatic carbocycles. The van der Waals surface area contributed by atoms with Gasteiger partial charge in [-0.1, -0.05) is 5.04 Å². The van der Waals surface area contributed by atoms with Crippen molar-refractivity contribution >= 4 is 34.1 Å². The lowest BCUT2D eigenvalue weighted by Gasteiger charge is -2.61. The highest BCUT2D eigenvalue weighted by atomic mass is 32.2. The first-order valence-electron chi connectivity index (χ1n) is 11.9. The Balaban J connectivity index is 1.89. The Hall–Kier alpha value is -1.76. The van der Waals surface area contributed by atoms with Crippen LogP contribution in [0.15, 0.2) is 0 Å². The number of alkyl halides is 12. The van der Waals surface area contributed by atoms with Crippen LogP contribution < -0.4 is 0 Å². The molecule has 0 aromatic rings. The molecule has 2 unspecified atom stereocenters. The normalized spacial score (nSPS) is 28.2. The summed E-state index contributed by atoms with van der Waals surface area (Å²) in [6.45, 7) is -2.48. The van der Waals surface area contributed by atoms with Gasteiger partial charge < -0.3 is 9.47 Å². The van der Waals surface area contributed by atoms with Crippen LogP contribution in [0.25, 0.3) is 0 Å². The van der Waals surface area contributed by atoms with E-state index in [0.717, 1.165) is 0 Å². The molecule has 0 saturated heterocycles. The second kappa shape index (κ2) is 11.2. The minimum Gasteiger partial charge on any atom is -0.463 e. The van der Waals surface area contributed by atoms with E-state index in [-0.39, 0.29) is 25.7 Å². The number of rotatable bonds is 10. The van der Waals surface area contributed by atoms with Crippen molar-refractivity contribution in [2.24, 2.45) is 22.7 Å². The lowest BCUT2D eigenvalue weighted by atomic mass is 9.44. The Morgan fingerprint density at radius 3 is 1.43 bits per heavy atom. The molecule has 0 spiro atoms. The van der Waals surface area contributed by atoms with Crippen LogP contribution in [0, 0.1) is 22.7 Å². The Labute approximate surface area is 242 Å². The number of ether oxygens (including phenoxy) is 2. The maximum atomic E-state index is 13.6. The van der Waals surface area contributed by atoms with E-state index in [0.29, 0.717) is 6.42 Å². The van der Waals surface area contributed by atoms with Gasteiger partial charge in [-0.05, 0) is 50.4 Å². The van der Waals surface area contributed by atoms with Crippen LogP contribution in [-0.4, -0.2) is 77.6 Å². The molecule has 0 radical (unpaired) electrons. The molecule has 0 amide bonds. The van der Waals surface area contributed by atoms with Crippen LogP contribution in [0.1, 0.15) is 38.5 Å². The molecule has 44 heavy (non-hydrogen) atoms. The summed E-state index contributed by atoms with van der Waals surface area (Å²) in [5.74, 6) is -7.41. The third kappa shape index (κ3) is 5.93. The van der Waals surface area contributed by atoms with Gasteiger partial charge in [0, 0.05) is 10.8 Å². The summed E-state index contributed by atoms with van der Waals surface area (Å²) in [5.41, 5.74) is -3.04. The number of carbonyl (C=O) groups is 2. The maximum Gasteiger partial charge on any atom is 0.430 e. The first kappa shape index (κ1) is 36.7. The minimum absolute atomic E-state index is 0.0268. The van der Waals surface area contributed by atoms with Crippen molar-refractivity contribution in [2.75, 3.05) is 13.2 Å². The first-order chi connectivity index (χ1) is 19.6. The van der Waals surface area contributed by atoms with Gasteiger partial charge in [0.15, 0.2) is 0 Å². The summed E-state index contributed by atoms with van der Waals surface area (Å²) < 4.78 is 194. The van der Waals surface area contributed by atoms with Crippen molar-refractivity contribution in [3.05, 3.63) is 0 Å². The Morgan fingerprint density at radius 2 is 1.11 bits per heavy atom. The molecule has 4 bridgehead atoms. The summed E-state index contributed by atoms with van der Waals surface area (Å²) in [4.78, 5) is 24.6. The maximum absolute atomic E-state index is 13.6. The fourth-order valence-corrected chi connectivity index (χ4v) is 8.31. The van der Waals surface area contributed by atoms with Gasteiger partial charge >= 0.3 is 56.3 Å². The van der Waals surface area contributed by atoms with Crippen LogP contribution >= 0.6 is 12.0 Å². The predicted octanol–water partition coefficient (Wildman–Crippen LogP) is 5.34. The fourth-order valence-electron chi connectivity index (χ4n) is 7.00. The largest absolute Gasteiger partial charge is 0.463 e. The van der Waals surface area contributed by atoms with Crippen molar-refractivity contribution in [1.82, 2.24) is 0 Å². The SMILES string of the molecule is O=C(OCC12CC3CC(C1)CC(COC(=O)C(C(F)(F)F)(C(F)(F)F)S(=O)(=O)O)(C3)C2)C(SOOO)(C(F)(F)F)C(F)(F)F. The standard InChI is InChI=1S/C20H20F12O10S2/c21-17(22,23)15(18(24,25)26,43-42-41-35)11(33)39-7-13-2-9-1-10(3-13)5-14(4-9,6-13)8-40-12(34)16(19(27,28)29,20(30,31)32)44(36,37)38/h9-10,35H,1-8H2,(H,36,37,38). The van der Waals surface area contributed by atoms with Crippen LogP contribution in [0.5, 0.6) is 0 Å². The van der Waals surface area contributed by atoms with E-state index in [1.807, 2.05) is 0 Å². The molecule has 0 heterocycles. The van der Waals surface area contributed by atoms with Gasteiger partial charge in [-0.15, -0.1) is 4.33 Å². The van der Waals surface area contributed by atoms with Gasteiger partial charge in [-0.3, -0.25) is 4.55 Å². The minimum atomic E-state index is -7.30. The Morgan fingerprint density at radius 1 is 0.727 bits per heavy atom. The van der Waals surface area contributed by atoms with Crippen LogP contribution in [0.4, 0.5) is 52.7 Å². The highest BCUT2D eigenvalue weighted by molar-refractivity contribution is 7.97. The Kier molecular flexibility index (Phi) is 9.34. The van der Waals surface area contributed by atoms with Crippen molar-refractivity contribution in [1.29, 1.82) is 0 Å². The van der Waals surface area contributed by atoms with Crippen LogP contribution in [-0.2, 0) is 38.6 Å². The van der Waals surface area contributed by atoms with E-state index in [1.54, 1.807) is 0 Å². The number of esters is 2. The number of hydrogen-bond donors (Lipinski definition) is 2. The number of halogens is 12. The fraction of sp³-hybridized carbons (Fsp3) is 0.900. The van der Waals surface area contributed by atoms with E-state index < -0.39 is 111 Å². The zero-order chi connectivity index (χ0) is 34.0. The summed E-state index contributed by atoms with van der Waals surface area (Å²) in [6, 6.07) is 0. The summed E-state index contributed by atoms with van der Waals surface area (Å²) in [6.07, 6.45) is -27.1. The average molecular weight is 712 g/mol. The molecule has 2 N–H and O–H groups in total. The highest BCUT2D eigenvalue weighted by Crippen LogP contribution is 2.66. The predicted molar refractivity (Wildman–Crippen MR) is 115 cm³/mol. The van der Waals surface area contributed by atoms with E-state index in [1.165, 1.54) is 0 Å². The van der Waals surface area contributed by atoms with Crippen molar-refractivity contribution in [3.63, 3.8) is 0 Å². The van der Waals surface area contributed by atoms with E-state index in [9.17, 15) is 70.7 Å². The molecular weight excluding hydrogens is 692 g/mol. The molecule has 4 rings (SSSR count). The van der Waals surface area contributed by atoms with Gasteiger partial charge in [-0.25, -0.2) is 14.8 Å². The third-order valence-corrected chi connectivity index (χ3v) is 10.5. The van der Waals surface area contributed by atoms with Crippen molar-refractivity contribution in [2.45, 2.75) is 72.7 Å². The molecule has 4 fully saturated rings. The van der Waals surface area contributed by atoms with E-state index >= 15 is 0 Å². The van der Waals surface area contributed by atoms with Gasteiger partial charge in [0.25, 0.3) is 0 Å². The lowest BCUT2D eigenvalue weighted by molar-refractivity contribution is -0.434.